The first-order valence-corrected chi connectivity index (χ1v) is 11.8. The fourth-order valence-electron chi connectivity index (χ4n) is 4.57. The Bertz CT molecular complexity index is 1150. The van der Waals surface area contributed by atoms with Gasteiger partial charge in [-0.25, -0.2) is 4.98 Å². The molecule has 2 saturated heterocycles. The molecule has 166 valence electrons. The molecule has 2 aromatic heterocycles. The highest BCUT2D eigenvalue weighted by atomic mass is 35.5. The van der Waals surface area contributed by atoms with Crippen molar-refractivity contribution in [3.05, 3.63) is 53.1 Å². The van der Waals surface area contributed by atoms with E-state index in [1.165, 1.54) is 18.5 Å². The summed E-state index contributed by atoms with van der Waals surface area (Å²) < 4.78 is 7.41. The Hall–Kier alpha value is -2.48. The van der Waals surface area contributed by atoms with Gasteiger partial charge in [0.1, 0.15) is 0 Å². The molecule has 0 unspecified atom stereocenters. The lowest BCUT2D eigenvalue weighted by Gasteiger charge is -2.38. The van der Waals surface area contributed by atoms with Gasteiger partial charge in [0.25, 0.3) is 0 Å². The summed E-state index contributed by atoms with van der Waals surface area (Å²) >= 11 is 6.13. The van der Waals surface area contributed by atoms with Crippen LogP contribution in [0, 0.1) is 5.92 Å². The molecule has 7 nitrogen and oxygen atoms in total. The van der Waals surface area contributed by atoms with E-state index >= 15 is 0 Å². The van der Waals surface area contributed by atoms with Gasteiger partial charge in [-0.2, -0.15) is 0 Å². The van der Waals surface area contributed by atoms with Crippen LogP contribution < -0.4 is 0 Å². The number of nitrogens with zero attached hydrogens (tertiary/aromatic N) is 5. The second-order valence-corrected chi connectivity index (χ2v) is 9.50. The van der Waals surface area contributed by atoms with Crippen molar-refractivity contribution >= 4 is 23.2 Å². The maximum Gasteiger partial charge on any atom is 0.230 e. The summed E-state index contributed by atoms with van der Waals surface area (Å²) in [5.74, 6) is 0.886. The van der Waals surface area contributed by atoms with Crippen molar-refractivity contribution in [1.82, 2.24) is 24.2 Å². The van der Waals surface area contributed by atoms with Gasteiger partial charge >= 0.3 is 0 Å². The molecule has 2 aliphatic heterocycles. The molecular weight excluding hydrogens is 426 g/mol. The maximum absolute atomic E-state index is 12.5. The summed E-state index contributed by atoms with van der Waals surface area (Å²) in [4.78, 5) is 26.6. The van der Waals surface area contributed by atoms with Gasteiger partial charge in [0.05, 0.1) is 42.4 Å². The molecule has 0 atom stereocenters. The van der Waals surface area contributed by atoms with Crippen molar-refractivity contribution in [1.29, 1.82) is 0 Å². The lowest BCUT2D eigenvalue weighted by molar-refractivity contribution is -0.151. The second-order valence-electron chi connectivity index (χ2n) is 9.06. The Labute approximate surface area is 192 Å². The SMILES string of the molecule is O=C(C1COC1)N1CCN(Cc2c(-c3ccc(Cl)cc3)nc3cnc(C4CC4)cn23)CC1. The van der Waals surface area contributed by atoms with Gasteiger partial charge in [0.2, 0.25) is 5.91 Å². The van der Waals surface area contributed by atoms with Gasteiger partial charge in [-0.05, 0) is 25.0 Å². The highest BCUT2D eigenvalue weighted by Gasteiger charge is 2.32. The van der Waals surface area contributed by atoms with Crippen LogP contribution in [0.5, 0.6) is 0 Å². The minimum absolute atomic E-state index is 0.0603. The minimum Gasteiger partial charge on any atom is -0.380 e. The average molecular weight is 452 g/mol. The van der Waals surface area contributed by atoms with Crippen molar-refractivity contribution in [2.75, 3.05) is 39.4 Å². The van der Waals surface area contributed by atoms with Crippen LogP contribution in [0.3, 0.4) is 0 Å². The van der Waals surface area contributed by atoms with Crippen LogP contribution in [0.2, 0.25) is 5.02 Å². The lowest BCUT2D eigenvalue weighted by atomic mass is 10.1. The molecule has 1 aromatic carbocycles. The zero-order valence-electron chi connectivity index (χ0n) is 17.9. The first-order valence-electron chi connectivity index (χ1n) is 11.4. The minimum atomic E-state index is 0.0603. The fraction of sp³-hybridized carbons (Fsp3) is 0.458. The highest BCUT2D eigenvalue weighted by molar-refractivity contribution is 6.30. The average Bonchev–Trinajstić information content (AvgIpc) is 3.56. The van der Waals surface area contributed by atoms with E-state index in [1.54, 1.807) is 0 Å². The molecule has 1 amide bonds. The van der Waals surface area contributed by atoms with Crippen LogP contribution in [0.4, 0.5) is 0 Å². The van der Waals surface area contributed by atoms with E-state index in [0.717, 1.165) is 60.3 Å². The predicted octanol–water partition coefficient (Wildman–Crippen LogP) is 3.22. The number of fused-ring (bicyclic) bond motifs is 1. The molecule has 0 radical (unpaired) electrons. The summed E-state index contributed by atoms with van der Waals surface area (Å²) in [6, 6.07) is 7.88. The number of piperazine rings is 1. The third-order valence-corrected chi connectivity index (χ3v) is 7.04. The first-order chi connectivity index (χ1) is 15.7. The molecule has 0 bridgehead atoms. The van der Waals surface area contributed by atoms with Gasteiger partial charge in [-0.3, -0.25) is 19.1 Å². The van der Waals surface area contributed by atoms with Gasteiger partial charge in [0.15, 0.2) is 5.65 Å². The van der Waals surface area contributed by atoms with E-state index in [-0.39, 0.29) is 11.8 Å². The summed E-state index contributed by atoms with van der Waals surface area (Å²) in [5.41, 5.74) is 5.21. The Morgan fingerprint density at radius 1 is 1.09 bits per heavy atom. The predicted molar refractivity (Wildman–Crippen MR) is 122 cm³/mol. The van der Waals surface area contributed by atoms with Crippen LogP contribution in [0.15, 0.2) is 36.7 Å². The second kappa shape index (κ2) is 8.14. The van der Waals surface area contributed by atoms with E-state index < -0.39 is 0 Å². The summed E-state index contributed by atoms with van der Waals surface area (Å²) in [5, 5.41) is 0.717. The zero-order valence-corrected chi connectivity index (χ0v) is 18.7. The van der Waals surface area contributed by atoms with E-state index in [4.69, 9.17) is 21.3 Å². The normalized spacial score (nSPS) is 20.0. The third-order valence-electron chi connectivity index (χ3n) is 6.79. The Kier molecular flexibility index (Phi) is 5.12. The van der Waals surface area contributed by atoms with Crippen LogP contribution in [-0.4, -0.2) is 69.5 Å². The number of amides is 1. The highest BCUT2D eigenvalue weighted by Crippen LogP contribution is 2.39. The van der Waals surface area contributed by atoms with Crippen LogP contribution >= 0.6 is 11.6 Å². The van der Waals surface area contributed by atoms with E-state index in [9.17, 15) is 4.79 Å². The fourth-order valence-corrected chi connectivity index (χ4v) is 4.70. The Balaban J connectivity index is 1.28. The Morgan fingerprint density at radius 3 is 2.50 bits per heavy atom. The zero-order chi connectivity index (χ0) is 21.7. The van der Waals surface area contributed by atoms with Crippen molar-refractivity contribution in [3.8, 4) is 11.3 Å². The number of hydrogen-bond acceptors (Lipinski definition) is 5. The largest absolute Gasteiger partial charge is 0.380 e. The molecule has 8 heteroatoms. The van der Waals surface area contributed by atoms with Gasteiger partial charge in [0, 0.05) is 55.4 Å². The number of hydrogen-bond donors (Lipinski definition) is 0. The lowest BCUT2D eigenvalue weighted by Crippen LogP contribution is -2.53. The molecule has 32 heavy (non-hydrogen) atoms. The Morgan fingerprint density at radius 2 is 1.84 bits per heavy atom. The van der Waals surface area contributed by atoms with Crippen LogP contribution in [0.25, 0.3) is 16.9 Å². The number of carbonyl (C=O) groups excluding carboxylic acids is 1. The summed E-state index contributed by atoms with van der Waals surface area (Å²) in [7, 11) is 0. The molecule has 4 heterocycles. The molecule has 1 aliphatic carbocycles. The summed E-state index contributed by atoms with van der Waals surface area (Å²) in [6.45, 7) is 5.15. The number of carbonyl (C=O) groups is 1. The van der Waals surface area contributed by atoms with Gasteiger partial charge in [-0.1, -0.05) is 23.7 Å². The van der Waals surface area contributed by atoms with Gasteiger partial charge < -0.3 is 9.64 Å². The molecule has 3 aliphatic rings. The number of ether oxygens (including phenoxy) is 1. The molecule has 1 saturated carbocycles. The maximum atomic E-state index is 12.5. The molecule has 3 fully saturated rings. The molecule has 6 rings (SSSR count). The quantitative estimate of drug-likeness (QED) is 0.596. The standard InChI is InChI=1S/C24H26ClN5O2/c25-19-5-3-17(4-6-19)23-21(30-12-20(16-1-2-16)26-11-22(30)27-23)13-28-7-9-29(10-8-28)24(31)18-14-32-15-18/h3-6,11-12,16,18H,1-2,7-10,13-15H2. The number of rotatable bonds is 5. The van der Waals surface area contributed by atoms with Crippen LogP contribution in [-0.2, 0) is 16.1 Å². The van der Waals surface area contributed by atoms with E-state index in [1.807, 2.05) is 35.4 Å². The van der Waals surface area contributed by atoms with Crippen molar-refractivity contribution < 1.29 is 9.53 Å². The monoisotopic (exact) mass is 451 g/mol. The number of halogens is 1. The van der Waals surface area contributed by atoms with Crippen LogP contribution in [0.1, 0.15) is 30.1 Å². The van der Waals surface area contributed by atoms with Crippen molar-refractivity contribution in [3.63, 3.8) is 0 Å². The first kappa shape index (κ1) is 20.1. The summed E-state index contributed by atoms with van der Waals surface area (Å²) in [6.07, 6.45) is 6.50. The van der Waals surface area contributed by atoms with Gasteiger partial charge in [-0.15, -0.1) is 0 Å². The smallest absolute Gasteiger partial charge is 0.230 e. The topological polar surface area (TPSA) is 63.0 Å². The molecule has 3 aromatic rings. The molecular formula is C24H26ClN5O2. The van der Waals surface area contributed by atoms with E-state index in [2.05, 4.69) is 20.5 Å². The van der Waals surface area contributed by atoms with E-state index in [0.29, 0.717) is 19.1 Å². The number of imidazole rings is 1. The van der Waals surface area contributed by atoms with Crippen molar-refractivity contribution in [2.45, 2.75) is 25.3 Å². The van der Waals surface area contributed by atoms with Crippen molar-refractivity contribution in [2.24, 2.45) is 5.92 Å². The number of benzene rings is 1. The number of aromatic nitrogens is 3. The third kappa shape index (κ3) is 3.78. The molecule has 0 N–H and O–H groups in total. The molecule has 0 spiro atoms.